The quantitative estimate of drug-likeness (QED) is 0.542. The number of amides is 1. The van der Waals surface area contributed by atoms with Crippen LogP contribution in [0.25, 0.3) is 0 Å². The fourth-order valence-corrected chi connectivity index (χ4v) is 1.37. The molecule has 1 amide bonds. The minimum absolute atomic E-state index is 0.170. The zero-order chi connectivity index (χ0) is 10.4. The smallest absolute Gasteiger partial charge is 0.240 e. The number of carbonyl (C=O) groups excluding carboxylic acids is 1. The lowest BCUT2D eigenvalue weighted by Crippen LogP contribution is -2.28. The molecule has 0 saturated carbocycles. The van der Waals surface area contributed by atoms with Gasteiger partial charge in [-0.1, -0.05) is 17.3 Å². The number of carbonyl (C=O) groups is 1. The highest BCUT2D eigenvalue weighted by molar-refractivity contribution is 7.15. The van der Waals surface area contributed by atoms with Gasteiger partial charge in [0.15, 0.2) is 0 Å². The Morgan fingerprint density at radius 2 is 2.43 bits per heavy atom. The average Bonchev–Trinajstić information content (AvgIpc) is 2.52. The molecule has 0 bridgehead atoms. The number of terminal acetylenes is 1. The van der Waals surface area contributed by atoms with Crippen LogP contribution >= 0.6 is 11.3 Å². The van der Waals surface area contributed by atoms with E-state index in [2.05, 4.69) is 26.8 Å². The molecule has 0 fully saturated rings. The number of aromatic nitrogens is 2. The Bertz CT molecular complexity index is 354. The van der Waals surface area contributed by atoms with Crippen LogP contribution in [0.15, 0.2) is 0 Å². The van der Waals surface area contributed by atoms with Crippen LogP contribution in [-0.2, 0) is 4.79 Å². The van der Waals surface area contributed by atoms with Crippen molar-refractivity contribution in [1.82, 2.24) is 15.5 Å². The lowest BCUT2D eigenvalue weighted by molar-refractivity contribution is -0.115. The summed E-state index contributed by atoms with van der Waals surface area (Å²) in [5.41, 5.74) is 0. The first kappa shape index (κ1) is 10.6. The number of rotatable bonds is 4. The van der Waals surface area contributed by atoms with Crippen LogP contribution in [-0.4, -0.2) is 29.2 Å². The van der Waals surface area contributed by atoms with E-state index in [-0.39, 0.29) is 12.5 Å². The molecule has 0 saturated heterocycles. The number of hydrogen-bond acceptors (Lipinski definition) is 5. The molecular weight excluding hydrogens is 200 g/mol. The van der Waals surface area contributed by atoms with Gasteiger partial charge in [0.05, 0.1) is 13.1 Å². The Balaban J connectivity index is 2.31. The van der Waals surface area contributed by atoms with Crippen molar-refractivity contribution in [3.8, 4) is 12.3 Å². The largest absolute Gasteiger partial charge is 0.299 e. The van der Waals surface area contributed by atoms with E-state index >= 15 is 0 Å². The van der Waals surface area contributed by atoms with Crippen LogP contribution in [0.4, 0.5) is 5.13 Å². The zero-order valence-corrected chi connectivity index (χ0v) is 8.52. The Hall–Kier alpha value is -1.45. The standard InChI is InChI=1S/C8H10N4OS/c1-3-4-9-5-7(13)10-8-12-11-6(2)14-8/h1,9H,4-5H2,2H3,(H,10,12,13). The topological polar surface area (TPSA) is 66.9 Å². The molecule has 0 aromatic carbocycles. The second-order valence-corrected chi connectivity index (χ2v) is 3.66. The molecule has 2 N–H and O–H groups in total. The van der Waals surface area contributed by atoms with E-state index in [4.69, 9.17) is 6.42 Å². The van der Waals surface area contributed by atoms with E-state index in [1.54, 1.807) is 0 Å². The lowest BCUT2D eigenvalue weighted by atomic mass is 10.5. The SMILES string of the molecule is C#CCNCC(=O)Nc1nnc(C)s1. The molecule has 0 unspecified atom stereocenters. The van der Waals surface area contributed by atoms with Crippen LogP contribution in [0.2, 0.25) is 0 Å². The molecule has 5 nitrogen and oxygen atoms in total. The molecule has 1 heterocycles. The second kappa shape index (κ2) is 5.32. The summed E-state index contributed by atoms with van der Waals surface area (Å²) >= 11 is 1.33. The number of hydrogen-bond donors (Lipinski definition) is 2. The third-order valence-electron chi connectivity index (χ3n) is 1.29. The summed E-state index contributed by atoms with van der Waals surface area (Å²) in [6.07, 6.45) is 5.01. The first-order valence-electron chi connectivity index (χ1n) is 3.96. The van der Waals surface area contributed by atoms with E-state index in [1.165, 1.54) is 11.3 Å². The number of nitrogens with one attached hydrogen (secondary N) is 2. The fourth-order valence-electron chi connectivity index (χ4n) is 0.759. The van der Waals surface area contributed by atoms with E-state index in [1.807, 2.05) is 6.92 Å². The number of aryl methyl sites for hydroxylation is 1. The molecule has 0 radical (unpaired) electrons. The van der Waals surface area contributed by atoms with Crippen molar-refractivity contribution in [2.24, 2.45) is 0 Å². The molecule has 1 aromatic rings. The number of anilines is 1. The first-order valence-corrected chi connectivity index (χ1v) is 4.78. The molecule has 74 valence electrons. The van der Waals surface area contributed by atoms with Gasteiger partial charge in [0.2, 0.25) is 11.0 Å². The molecular formula is C8H10N4OS. The molecule has 0 aliphatic carbocycles. The van der Waals surface area contributed by atoms with Gasteiger partial charge in [-0.15, -0.1) is 16.6 Å². The monoisotopic (exact) mass is 210 g/mol. The second-order valence-electron chi connectivity index (χ2n) is 2.48. The van der Waals surface area contributed by atoms with Crippen LogP contribution < -0.4 is 10.6 Å². The van der Waals surface area contributed by atoms with E-state index in [0.29, 0.717) is 11.7 Å². The first-order chi connectivity index (χ1) is 6.72. The lowest BCUT2D eigenvalue weighted by Gasteiger charge is -1.99. The van der Waals surface area contributed by atoms with Crippen molar-refractivity contribution >= 4 is 22.4 Å². The molecule has 0 spiro atoms. The summed E-state index contributed by atoms with van der Waals surface area (Å²) < 4.78 is 0. The summed E-state index contributed by atoms with van der Waals surface area (Å²) in [7, 11) is 0. The predicted molar refractivity (Wildman–Crippen MR) is 55.0 cm³/mol. The van der Waals surface area contributed by atoms with Gasteiger partial charge in [-0.05, 0) is 6.92 Å². The van der Waals surface area contributed by atoms with Crippen molar-refractivity contribution in [3.63, 3.8) is 0 Å². The molecule has 14 heavy (non-hydrogen) atoms. The van der Waals surface area contributed by atoms with Gasteiger partial charge in [0, 0.05) is 0 Å². The van der Waals surface area contributed by atoms with Crippen LogP contribution in [0.5, 0.6) is 0 Å². The van der Waals surface area contributed by atoms with Crippen LogP contribution in [0.3, 0.4) is 0 Å². The average molecular weight is 210 g/mol. The predicted octanol–water partition coefficient (Wildman–Crippen LogP) is 0.00782. The number of nitrogens with zero attached hydrogens (tertiary/aromatic N) is 2. The molecule has 0 aliphatic rings. The summed E-state index contributed by atoms with van der Waals surface area (Å²) in [6.45, 7) is 2.38. The van der Waals surface area contributed by atoms with Crippen molar-refractivity contribution in [2.45, 2.75) is 6.92 Å². The Morgan fingerprint density at radius 3 is 3.00 bits per heavy atom. The van der Waals surface area contributed by atoms with Crippen LogP contribution in [0.1, 0.15) is 5.01 Å². The Morgan fingerprint density at radius 1 is 1.64 bits per heavy atom. The van der Waals surface area contributed by atoms with Crippen molar-refractivity contribution in [2.75, 3.05) is 18.4 Å². The fraction of sp³-hybridized carbons (Fsp3) is 0.375. The van der Waals surface area contributed by atoms with Crippen LogP contribution in [0, 0.1) is 19.3 Å². The van der Waals surface area contributed by atoms with Gasteiger partial charge in [-0.3, -0.25) is 15.4 Å². The molecule has 6 heteroatoms. The van der Waals surface area contributed by atoms with Crippen molar-refractivity contribution in [1.29, 1.82) is 0 Å². The third kappa shape index (κ3) is 3.51. The Kier molecular flexibility index (Phi) is 4.04. The summed E-state index contributed by atoms with van der Waals surface area (Å²) in [5, 5.41) is 14.2. The summed E-state index contributed by atoms with van der Waals surface area (Å²) in [5.74, 6) is 2.20. The van der Waals surface area contributed by atoms with Gasteiger partial charge < -0.3 is 0 Å². The summed E-state index contributed by atoms with van der Waals surface area (Å²) in [4.78, 5) is 11.2. The maximum atomic E-state index is 11.2. The van der Waals surface area contributed by atoms with Gasteiger partial charge in [0.1, 0.15) is 5.01 Å². The van der Waals surface area contributed by atoms with Crippen molar-refractivity contribution < 1.29 is 4.79 Å². The zero-order valence-electron chi connectivity index (χ0n) is 7.70. The highest BCUT2D eigenvalue weighted by Gasteiger charge is 2.04. The Labute approximate surface area is 85.9 Å². The van der Waals surface area contributed by atoms with Crippen molar-refractivity contribution in [3.05, 3.63) is 5.01 Å². The third-order valence-corrected chi connectivity index (χ3v) is 2.04. The maximum absolute atomic E-state index is 11.2. The van der Waals surface area contributed by atoms with E-state index in [9.17, 15) is 4.79 Å². The van der Waals surface area contributed by atoms with Gasteiger partial charge in [-0.2, -0.15) is 0 Å². The maximum Gasteiger partial charge on any atom is 0.240 e. The van der Waals surface area contributed by atoms with E-state index in [0.717, 1.165) is 5.01 Å². The minimum Gasteiger partial charge on any atom is -0.299 e. The minimum atomic E-state index is -0.170. The normalized spacial score (nSPS) is 9.43. The van der Waals surface area contributed by atoms with E-state index < -0.39 is 0 Å². The van der Waals surface area contributed by atoms with Gasteiger partial charge in [-0.25, -0.2) is 0 Å². The highest BCUT2D eigenvalue weighted by Crippen LogP contribution is 2.12. The molecule has 0 aliphatic heterocycles. The molecule has 0 atom stereocenters. The van der Waals surface area contributed by atoms with Gasteiger partial charge >= 0.3 is 0 Å². The van der Waals surface area contributed by atoms with Gasteiger partial charge in [0.25, 0.3) is 0 Å². The summed E-state index contributed by atoms with van der Waals surface area (Å²) in [6, 6.07) is 0. The molecule has 1 rings (SSSR count). The highest BCUT2D eigenvalue weighted by atomic mass is 32.1. The molecule has 1 aromatic heterocycles.